The van der Waals surface area contributed by atoms with E-state index in [4.69, 9.17) is 4.74 Å². The molecule has 5 heteroatoms. The zero-order valence-electron chi connectivity index (χ0n) is 9.92. The largest absolute Gasteiger partial charge is 0.421 e. The summed E-state index contributed by atoms with van der Waals surface area (Å²) in [6.45, 7) is 0. The maximum absolute atomic E-state index is 5.68. The zero-order valence-corrected chi connectivity index (χ0v) is 9.92. The Hall–Kier alpha value is -2.82. The lowest BCUT2D eigenvalue weighted by atomic mass is 10.3. The van der Waals surface area contributed by atoms with E-state index in [0.717, 1.165) is 21.8 Å². The molecule has 4 rings (SSSR count). The molecule has 5 nitrogen and oxygen atoms in total. The summed E-state index contributed by atoms with van der Waals surface area (Å²) in [6.07, 6.45) is 7.25. The number of ether oxygens (including phenoxy) is 1. The van der Waals surface area contributed by atoms with Gasteiger partial charge in [0.25, 0.3) is 0 Å². The molecular weight excluding hydrogens is 240 g/mol. The van der Waals surface area contributed by atoms with Crippen LogP contribution in [0.2, 0.25) is 0 Å². The number of pyridine rings is 2. The van der Waals surface area contributed by atoms with Gasteiger partial charge in [-0.3, -0.25) is 0 Å². The molecular formula is C14H10N4O. The van der Waals surface area contributed by atoms with Crippen LogP contribution in [0.25, 0.3) is 21.8 Å². The molecule has 0 radical (unpaired) electrons. The second kappa shape index (κ2) is 3.84. The van der Waals surface area contributed by atoms with Crippen molar-refractivity contribution in [1.29, 1.82) is 0 Å². The molecule has 0 saturated carbocycles. The van der Waals surface area contributed by atoms with E-state index in [0.29, 0.717) is 11.8 Å². The summed E-state index contributed by atoms with van der Waals surface area (Å²) in [5.41, 5.74) is 1.97. The molecule has 0 saturated heterocycles. The number of nitrogens with zero attached hydrogens (tertiary/aromatic N) is 2. The lowest BCUT2D eigenvalue weighted by Crippen LogP contribution is -1.90. The third-order valence-corrected chi connectivity index (χ3v) is 3.03. The van der Waals surface area contributed by atoms with E-state index >= 15 is 0 Å². The van der Waals surface area contributed by atoms with Crippen molar-refractivity contribution in [3.8, 4) is 11.8 Å². The predicted molar refractivity (Wildman–Crippen MR) is 72.3 cm³/mol. The van der Waals surface area contributed by atoms with Gasteiger partial charge in [-0.2, -0.15) is 0 Å². The van der Waals surface area contributed by atoms with Gasteiger partial charge in [-0.1, -0.05) is 0 Å². The van der Waals surface area contributed by atoms with Gasteiger partial charge in [0.2, 0.25) is 11.8 Å². The Kier molecular flexibility index (Phi) is 2.05. The molecule has 2 N–H and O–H groups in total. The van der Waals surface area contributed by atoms with E-state index < -0.39 is 0 Å². The summed E-state index contributed by atoms with van der Waals surface area (Å²) in [5.74, 6) is 1.07. The fourth-order valence-electron chi connectivity index (χ4n) is 2.08. The van der Waals surface area contributed by atoms with Crippen LogP contribution < -0.4 is 4.74 Å². The average Bonchev–Trinajstić information content (AvgIpc) is 3.05. The molecule has 4 aromatic heterocycles. The number of rotatable bonds is 2. The standard InChI is InChI=1S/C14H10N4O/c1-3-15-11-7-17-13(5-9(1)11)19-14-6-10-2-4-16-12(10)8-18-14/h1-8,15-16H. The number of H-pyrrole nitrogens is 2. The maximum atomic E-state index is 5.68. The highest BCUT2D eigenvalue weighted by atomic mass is 16.5. The fourth-order valence-corrected chi connectivity index (χ4v) is 2.08. The normalized spacial score (nSPS) is 11.2. The van der Waals surface area contributed by atoms with Crippen molar-refractivity contribution in [2.24, 2.45) is 0 Å². The number of hydrogen-bond acceptors (Lipinski definition) is 3. The van der Waals surface area contributed by atoms with Crippen LogP contribution in [0.5, 0.6) is 11.8 Å². The zero-order chi connectivity index (χ0) is 12.7. The molecule has 0 aromatic carbocycles. The van der Waals surface area contributed by atoms with Gasteiger partial charge in [0.15, 0.2) is 0 Å². The second-order valence-corrected chi connectivity index (χ2v) is 4.28. The predicted octanol–water partition coefficient (Wildman–Crippen LogP) is 3.23. The molecule has 0 spiro atoms. The van der Waals surface area contributed by atoms with Crippen LogP contribution in [0.1, 0.15) is 0 Å². The lowest BCUT2D eigenvalue weighted by molar-refractivity contribution is 0.446. The van der Waals surface area contributed by atoms with E-state index in [-0.39, 0.29) is 0 Å². The van der Waals surface area contributed by atoms with Crippen LogP contribution >= 0.6 is 0 Å². The van der Waals surface area contributed by atoms with Gasteiger partial charge in [-0.05, 0) is 12.1 Å². The molecule has 0 fully saturated rings. The lowest BCUT2D eigenvalue weighted by Gasteiger charge is -2.03. The van der Waals surface area contributed by atoms with Crippen molar-refractivity contribution in [3.63, 3.8) is 0 Å². The molecule has 0 aliphatic carbocycles. The average molecular weight is 250 g/mol. The molecule has 0 aliphatic rings. The quantitative estimate of drug-likeness (QED) is 0.574. The van der Waals surface area contributed by atoms with Crippen LogP contribution in [0.3, 0.4) is 0 Å². The second-order valence-electron chi connectivity index (χ2n) is 4.28. The smallest absolute Gasteiger partial charge is 0.221 e. The summed E-state index contributed by atoms with van der Waals surface area (Å²) in [7, 11) is 0. The van der Waals surface area contributed by atoms with Gasteiger partial charge < -0.3 is 14.7 Å². The Morgan fingerprint density at radius 1 is 0.789 bits per heavy atom. The highest BCUT2D eigenvalue weighted by Gasteiger charge is 2.04. The molecule has 0 amide bonds. The summed E-state index contributed by atoms with van der Waals surface area (Å²) in [4.78, 5) is 14.7. The highest BCUT2D eigenvalue weighted by Crippen LogP contribution is 2.23. The number of hydrogen-bond donors (Lipinski definition) is 2. The van der Waals surface area contributed by atoms with Gasteiger partial charge in [0.1, 0.15) is 0 Å². The van der Waals surface area contributed by atoms with Gasteiger partial charge in [-0.25, -0.2) is 9.97 Å². The SMILES string of the molecule is c1cc2cc(Oc3cc4cc[nH]c4cn3)ncc2[nH]1. The first kappa shape index (κ1) is 10.1. The van der Waals surface area contributed by atoms with Crippen molar-refractivity contribution in [2.45, 2.75) is 0 Å². The number of nitrogens with one attached hydrogen (secondary N) is 2. The van der Waals surface area contributed by atoms with Gasteiger partial charge in [0.05, 0.1) is 23.4 Å². The minimum absolute atomic E-state index is 0.537. The van der Waals surface area contributed by atoms with Crippen LogP contribution in [-0.4, -0.2) is 19.9 Å². The van der Waals surface area contributed by atoms with Gasteiger partial charge in [0, 0.05) is 35.3 Å². The summed E-state index contributed by atoms with van der Waals surface area (Å²) < 4.78 is 5.68. The Morgan fingerprint density at radius 3 is 1.84 bits per heavy atom. The summed E-state index contributed by atoms with van der Waals surface area (Å²) in [6, 6.07) is 7.73. The minimum atomic E-state index is 0.537. The summed E-state index contributed by atoms with van der Waals surface area (Å²) >= 11 is 0. The Morgan fingerprint density at radius 2 is 1.32 bits per heavy atom. The first-order chi connectivity index (χ1) is 9.38. The Bertz CT molecular complexity index is 790. The molecule has 19 heavy (non-hydrogen) atoms. The Labute approximate surface area is 108 Å². The van der Waals surface area contributed by atoms with Crippen LogP contribution in [-0.2, 0) is 0 Å². The number of aromatic amines is 2. The molecule has 0 unspecified atom stereocenters. The van der Waals surface area contributed by atoms with Crippen molar-refractivity contribution in [1.82, 2.24) is 19.9 Å². The van der Waals surface area contributed by atoms with Crippen molar-refractivity contribution in [3.05, 3.63) is 49.1 Å². The molecule has 92 valence electrons. The van der Waals surface area contributed by atoms with E-state index in [2.05, 4.69) is 19.9 Å². The van der Waals surface area contributed by atoms with Crippen molar-refractivity contribution >= 4 is 21.8 Å². The minimum Gasteiger partial charge on any atom is -0.421 e. The van der Waals surface area contributed by atoms with Crippen LogP contribution in [0.4, 0.5) is 0 Å². The molecule has 4 aromatic rings. The molecule has 0 bridgehead atoms. The van der Waals surface area contributed by atoms with E-state index in [1.165, 1.54) is 0 Å². The third kappa shape index (κ3) is 1.72. The molecule has 0 atom stereocenters. The maximum Gasteiger partial charge on any atom is 0.221 e. The van der Waals surface area contributed by atoms with E-state index in [1.54, 1.807) is 12.4 Å². The molecule has 4 heterocycles. The fraction of sp³-hybridized carbons (Fsp3) is 0. The number of fused-ring (bicyclic) bond motifs is 2. The first-order valence-electron chi connectivity index (χ1n) is 5.93. The van der Waals surface area contributed by atoms with Crippen LogP contribution in [0, 0.1) is 0 Å². The number of aromatic nitrogens is 4. The topological polar surface area (TPSA) is 66.6 Å². The summed E-state index contributed by atoms with van der Waals surface area (Å²) in [5, 5.41) is 2.13. The highest BCUT2D eigenvalue weighted by molar-refractivity contribution is 5.80. The molecule has 0 aliphatic heterocycles. The van der Waals surface area contributed by atoms with Crippen molar-refractivity contribution in [2.75, 3.05) is 0 Å². The first-order valence-corrected chi connectivity index (χ1v) is 5.93. The van der Waals surface area contributed by atoms with Crippen molar-refractivity contribution < 1.29 is 4.74 Å². The van der Waals surface area contributed by atoms with Gasteiger partial charge in [-0.15, -0.1) is 0 Å². The van der Waals surface area contributed by atoms with E-state index in [9.17, 15) is 0 Å². The monoisotopic (exact) mass is 250 g/mol. The van der Waals surface area contributed by atoms with E-state index in [1.807, 2.05) is 36.7 Å². The third-order valence-electron chi connectivity index (χ3n) is 3.03. The van der Waals surface area contributed by atoms with Crippen LogP contribution in [0.15, 0.2) is 49.1 Å². The Balaban J connectivity index is 1.72. The van der Waals surface area contributed by atoms with Gasteiger partial charge >= 0.3 is 0 Å².